The first-order valence-electron chi connectivity index (χ1n) is 10.2. The predicted octanol–water partition coefficient (Wildman–Crippen LogP) is 5.03. The molecule has 162 valence electrons. The van der Waals surface area contributed by atoms with E-state index >= 15 is 0 Å². The van der Waals surface area contributed by atoms with Gasteiger partial charge in [-0.25, -0.2) is 9.78 Å². The summed E-state index contributed by atoms with van der Waals surface area (Å²) in [4.78, 5) is 27.8. The number of carbonyl (C=O) groups excluding carboxylic acids is 2. The second-order valence-electron chi connectivity index (χ2n) is 7.24. The second-order valence-corrected chi connectivity index (χ2v) is 7.24. The van der Waals surface area contributed by atoms with E-state index in [-0.39, 0.29) is 11.9 Å². The van der Waals surface area contributed by atoms with Crippen LogP contribution in [0.25, 0.3) is 0 Å². The van der Waals surface area contributed by atoms with Gasteiger partial charge in [0.1, 0.15) is 17.3 Å². The number of ether oxygens (including phenoxy) is 1. The van der Waals surface area contributed by atoms with Crippen molar-refractivity contribution >= 4 is 34.8 Å². The lowest BCUT2D eigenvalue weighted by molar-refractivity contribution is -0.111. The van der Waals surface area contributed by atoms with Crippen molar-refractivity contribution in [2.75, 3.05) is 16.0 Å². The van der Waals surface area contributed by atoms with Crippen molar-refractivity contribution in [3.8, 4) is 11.5 Å². The summed E-state index contributed by atoms with van der Waals surface area (Å²) in [6, 6.07) is 18.0. The highest BCUT2D eigenvalue weighted by Gasteiger charge is 2.23. The van der Waals surface area contributed by atoms with Crippen LogP contribution in [0.3, 0.4) is 0 Å². The Morgan fingerprint density at radius 3 is 2.44 bits per heavy atom. The molecule has 8 nitrogen and oxygen atoms in total. The molecule has 1 aromatic heterocycles. The van der Waals surface area contributed by atoms with Crippen molar-refractivity contribution in [1.82, 2.24) is 10.3 Å². The first-order valence-corrected chi connectivity index (χ1v) is 10.2. The molecular weight excluding hydrogens is 406 g/mol. The minimum atomic E-state index is -0.299. The molecule has 1 saturated carbocycles. The van der Waals surface area contributed by atoms with E-state index in [1.165, 1.54) is 6.08 Å². The Kier molecular flexibility index (Phi) is 6.31. The Morgan fingerprint density at radius 1 is 0.969 bits per heavy atom. The molecule has 4 rings (SSSR count). The summed E-state index contributed by atoms with van der Waals surface area (Å²) in [6.07, 6.45) is 4.92. The Hall–Kier alpha value is -4.33. The largest absolute Gasteiger partial charge is 0.457 e. The second kappa shape index (κ2) is 9.65. The van der Waals surface area contributed by atoms with Gasteiger partial charge in [-0.3, -0.25) is 4.79 Å². The van der Waals surface area contributed by atoms with Gasteiger partial charge in [0.15, 0.2) is 0 Å². The molecular formula is C24H23N5O3. The zero-order chi connectivity index (χ0) is 22.3. The van der Waals surface area contributed by atoms with E-state index in [2.05, 4.69) is 32.8 Å². The predicted molar refractivity (Wildman–Crippen MR) is 124 cm³/mol. The molecule has 0 bridgehead atoms. The number of benzene rings is 2. The molecule has 1 aliphatic carbocycles. The van der Waals surface area contributed by atoms with Crippen molar-refractivity contribution in [3.63, 3.8) is 0 Å². The van der Waals surface area contributed by atoms with Gasteiger partial charge in [-0.2, -0.15) is 0 Å². The summed E-state index contributed by atoms with van der Waals surface area (Å²) in [6.45, 7) is 3.47. The molecule has 0 saturated heterocycles. The smallest absolute Gasteiger partial charge is 0.319 e. The summed E-state index contributed by atoms with van der Waals surface area (Å²) in [5, 5.41) is 11.6. The summed E-state index contributed by atoms with van der Waals surface area (Å²) in [5.74, 6) is 1.46. The highest BCUT2D eigenvalue weighted by Crippen LogP contribution is 2.28. The van der Waals surface area contributed by atoms with Crippen LogP contribution in [0, 0.1) is 0 Å². The molecule has 0 aliphatic heterocycles. The SMILES string of the molecule is C=CC(=O)Nc1ccccc1Nc1cc(Oc2ccc(NC(=O)NC3CC3)cc2)ccn1. The standard InChI is InChI=1S/C24H23N5O3/c1-2-23(30)29-21-6-4-3-5-20(21)28-22-15-19(13-14-25-22)32-18-11-9-17(10-12-18)27-24(31)26-16-7-8-16/h2-6,9-16H,1,7-8H2,(H,25,28)(H,29,30)(H2,26,27,31). The fourth-order valence-electron chi connectivity index (χ4n) is 2.89. The summed E-state index contributed by atoms with van der Waals surface area (Å²) >= 11 is 0. The van der Waals surface area contributed by atoms with Crippen molar-refractivity contribution < 1.29 is 14.3 Å². The lowest BCUT2D eigenvalue weighted by atomic mass is 10.2. The van der Waals surface area contributed by atoms with Crippen LogP contribution in [0.1, 0.15) is 12.8 Å². The number of hydrogen-bond donors (Lipinski definition) is 4. The maximum Gasteiger partial charge on any atom is 0.319 e. The van der Waals surface area contributed by atoms with Gasteiger partial charge >= 0.3 is 6.03 Å². The summed E-state index contributed by atoms with van der Waals surface area (Å²) < 4.78 is 5.91. The molecule has 8 heteroatoms. The minimum absolute atomic E-state index is 0.199. The van der Waals surface area contributed by atoms with Gasteiger partial charge < -0.3 is 26.0 Å². The highest BCUT2D eigenvalue weighted by molar-refractivity contribution is 6.01. The Bertz CT molecular complexity index is 1130. The number of nitrogens with one attached hydrogen (secondary N) is 4. The Labute approximate surface area is 185 Å². The fourth-order valence-corrected chi connectivity index (χ4v) is 2.89. The third kappa shape index (κ3) is 5.85. The molecule has 2 aromatic carbocycles. The van der Waals surface area contributed by atoms with E-state index < -0.39 is 0 Å². The van der Waals surface area contributed by atoms with Crippen molar-refractivity contribution in [2.24, 2.45) is 0 Å². The van der Waals surface area contributed by atoms with Crippen molar-refractivity contribution in [2.45, 2.75) is 18.9 Å². The third-order valence-corrected chi connectivity index (χ3v) is 4.62. The van der Waals surface area contributed by atoms with Gasteiger partial charge in [0.2, 0.25) is 5.91 Å². The third-order valence-electron chi connectivity index (χ3n) is 4.62. The summed E-state index contributed by atoms with van der Waals surface area (Å²) in [5.41, 5.74) is 1.98. The molecule has 0 unspecified atom stereocenters. The molecule has 3 amide bonds. The van der Waals surface area contributed by atoms with Crippen molar-refractivity contribution in [1.29, 1.82) is 0 Å². The zero-order valence-corrected chi connectivity index (χ0v) is 17.3. The maximum absolute atomic E-state index is 11.8. The molecule has 3 aromatic rings. The van der Waals surface area contributed by atoms with Gasteiger partial charge in [-0.05, 0) is 61.4 Å². The minimum Gasteiger partial charge on any atom is -0.457 e. The number of anilines is 4. The normalized spacial score (nSPS) is 12.4. The average Bonchev–Trinajstić information content (AvgIpc) is 3.60. The number of pyridine rings is 1. The van der Waals surface area contributed by atoms with Crippen LogP contribution in [-0.4, -0.2) is 23.0 Å². The molecule has 0 radical (unpaired) electrons. The summed E-state index contributed by atoms with van der Waals surface area (Å²) in [7, 11) is 0. The number of amides is 3. The van der Waals surface area contributed by atoms with E-state index in [4.69, 9.17) is 4.74 Å². The maximum atomic E-state index is 11.8. The lowest BCUT2D eigenvalue weighted by Gasteiger charge is -2.13. The van der Waals surface area contributed by atoms with Crippen LogP contribution in [0.2, 0.25) is 0 Å². The van der Waals surface area contributed by atoms with E-state index in [0.717, 1.165) is 12.8 Å². The molecule has 32 heavy (non-hydrogen) atoms. The lowest BCUT2D eigenvalue weighted by Crippen LogP contribution is -2.30. The van der Waals surface area contributed by atoms with E-state index in [1.807, 2.05) is 18.2 Å². The monoisotopic (exact) mass is 429 g/mol. The number of nitrogens with zero attached hydrogens (tertiary/aromatic N) is 1. The molecule has 0 atom stereocenters. The number of urea groups is 1. The van der Waals surface area contributed by atoms with Crippen LogP contribution in [-0.2, 0) is 4.79 Å². The van der Waals surface area contributed by atoms with Gasteiger partial charge in [0.25, 0.3) is 0 Å². The Balaban J connectivity index is 1.40. The van der Waals surface area contributed by atoms with E-state index in [9.17, 15) is 9.59 Å². The van der Waals surface area contributed by atoms with E-state index in [1.54, 1.807) is 48.7 Å². The zero-order valence-electron chi connectivity index (χ0n) is 17.3. The van der Waals surface area contributed by atoms with Gasteiger partial charge in [-0.15, -0.1) is 0 Å². The fraction of sp³-hybridized carbons (Fsp3) is 0.125. The van der Waals surface area contributed by atoms with Gasteiger partial charge in [0, 0.05) is 24.0 Å². The number of carbonyl (C=O) groups is 2. The molecule has 0 spiro atoms. The van der Waals surface area contributed by atoms with Crippen LogP contribution in [0.5, 0.6) is 11.5 Å². The molecule has 4 N–H and O–H groups in total. The number of hydrogen-bond acceptors (Lipinski definition) is 5. The highest BCUT2D eigenvalue weighted by atomic mass is 16.5. The van der Waals surface area contributed by atoms with Gasteiger partial charge in [-0.1, -0.05) is 18.7 Å². The average molecular weight is 429 g/mol. The number of aromatic nitrogens is 1. The van der Waals surface area contributed by atoms with Crippen LogP contribution >= 0.6 is 0 Å². The number of para-hydroxylation sites is 2. The molecule has 1 heterocycles. The van der Waals surface area contributed by atoms with Crippen LogP contribution in [0.15, 0.2) is 79.5 Å². The first-order chi connectivity index (χ1) is 15.6. The molecule has 1 fully saturated rings. The van der Waals surface area contributed by atoms with Crippen molar-refractivity contribution in [3.05, 3.63) is 79.5 Å². The first kappa shape index (κ1) is 20.9. The Morgan fingerprint density at radius 2 is 1.72 bits per heavy atom. The van der Waals surface area contributed by atoms with Crippen LogP contribution < -0.4 is 26.0 Å². The quantitative estimate of drug-likeness (QED) is 0.376. The topological polar surface area (TPSA) is 104 Å². The van der Waals surface area contributed by atoms with Gasteiger partial charge in [0.05, 0.1) is 11.4 Å². The molecule has 1 aliphatic rings. The van der Waals surface area contributed by atoms with Crippen LogP contribution in [0.4, 0.5) is 27.7 Å². The number of rotatable bonds is 8. The van der Waals surface area contributed by atoms with E-state index in [0.29, 0.717) is 40.4 Å².